The molecule has 0 aliphatic carbocycles. The van der Waals surface area contributed by atoms with Crippen molar-refractivity contribution in [3.05, 3.63) is 53.6 Å². The van der Waals surface area contributed by atoms with E-state index in [1.54, 1.807) is 32.2 Å². The van der Waals surface area contributed by atoms with Crippen molar-refractivity contribution < 1.29 is 28.5 Å². The predicted octanol–water partition coefficient (Wildman–Crippen LogP) is 4.35. The number of amides is 1. The van der Waals surface area contributed by atoms with E-state index in [4.69, 9.17) is 18.9 Å². The summed E-state index contributed by atoms with van der Waals surface area (Å²) >= 11 is 0. The maximum absolute atomic E-state index is 13.6. The Morgan fingerprint density at radius 3 is 2.38 bits per heavy atom. The number of hydrogen-bond acceptors (Lipinski definition) is 6. The molecule has 1 saturated heterocycles. The average Bonchev–Trinajstić information content (AvgIpc) is 2.80. The lowest BCUT2D eigenvalue weighted by Crippen LogP contribution is -2.44. The largest absolute Gasteiger partial charge is 0.497 e. The first-order valence-electron chi connectivity index (χ1n) is 10.9. The highest BCUT2D eigenvalue weighted by atomic mass is 16.5. The summed E-state index contributed by atoms with van der Waals surface area (Å²) in [7, 11) is 1.61. The molecule has 0 bridgehead atoms. The third kappa shape index (κ3) is 5.22. The first kappa shape index (κ1) is 23.6. The third-order valence-corrected chi connectivity index (χ3v) is 5.52. The molecule has 0 atom stereocenters. The number of methoxy groups -OCH3 is 1. The minimum Gasteiger partial charge on any atom is -0.497 e. The van der Waals surface area contributed by atoms with Gasteiger partial charge in [-0.1, -0.05) is 12.1 Å². The molecule has 32 heavy (non-hydrogen) atoms. The Balaban J connectivity index is 1.91. The van der Waals surface area contributed by atoms with Gasteiger partial charge in [0.15, 0.2) is 0 Å². The van der Waals surface area contributed by atoms with E-state index in [0.29, 0.717) is 37.5 Å². The molecule has 0 radical (unpaired) electrons. The van der Waals surface area contributed by atoms with Crippen molar-refractivity contribution in [2.75, 3.05) is 32.2 Å². The maximum atomic E-state index is 13.6. The molecular weight excluding hydrogens is 410 g/mol. The van der Waals surface area contributed by atoms with Crippen LogP contribution in [-0.4, -0.2) is 44.9 Å². The molecule has 3 rings (SSSR count). The number of rotatable bonds is 8. The van der Waals surface area contributed by atoms with Gasteiger partial charge >= 0.3 is 5.97 Å². The highest BCUT2D eigenvalue weighted by Crippen LogP contribution is 2.37. The monoisotopic (exact) mass is 441 g/mol. The molecule has 1 heterocycles. The molecule has 1 aliphatic heterocycles. The van der Waals surface area contributed by atoms with E-state index in [-0.39, 0.29) is 24.2 Å². The number of ether oxygens (including phenoxy) is 4. The molecule has 1 aliphatic rings. The van der Waals surface area contributed by atoms with Crippen molar-refractivity contribution in [2.24, 2.45) is 0 Å². The van der Waals surface area contributed by atoms with Crippen LogP contribution in [-0.2, 0) is 19.7 Å². The number of carbonyl (C=O) groups excluding carboxylic acids is 2. The topological polar surface area (TPSA) is 83.1 Å². The van der Waals surface area contributed by atoms with E-state index in [9.17, 15) is 9.59 Å². The summed E-state index contributed by atoms with van der Waals surface area (Å²) in [6.07, 6.45) is 1.01. The quantitative estimate of drug-likeness (QED) is 0.614. The molecule has 0 spiro atoms. The van der Waals surface area contributed by atoms with E-state index < -0.39 is 11.4 Å². The fraction of sp³-hybridized carbons (Fsp3) is 0.440. The summed E-state index contributed by atoms with van der Waals surface area (Å²) < 4.78 is 21.7. The van der Waals surface area contributed by atoms with E-state index >= 15 is 0 Å². The first-order valence-corrected chi connectivity index (χ1v) is 10.9. The van der Waals surface area contributed by atoms with Crippen LogP contribution in [0.25, 0.3) is 0 Å². The fourth-order valence-electron chi connectivity index (χ4n) is 3.86. The first-order chi connectivity index (χ1) is 15.4. The van der Waals surface area contributed by atoms with Crippen LogP contribution in [0.1, 0.15) is 49.5 Å². The lowest BCUT2D eigenvalue weighted by Gasteiger charge is -2.36. The van der Waals surface area contributed by atoms with Crippen LogP contribution < -0.4 is 14.8 Å². The summed E-state index contributed by atoms with van der Waals surface area (Å²) in [6, 6.07) is 12.6. The van der Waals surface area contributed by atoms with Crippen molar-refractivity contribution in [3.63, 3.8) is 0 Å². The zero-order valence-corrected chi connectivity index (χ0v) is 19.1. The van der Waals surface area contributed by atoms with Crippen LogP contribution in [0.4, 0.5) is 5.69 Å². The van der Waals surface area contributed by atoms with Crippen molar-refractivity contribution in [1.82, 2.24) is 0 Å². The Labute approximate surface area is 189 Å². The summed E-state index contributed by atoms with van der Waals surface area (Å²) in [5.41, 5.74) is 0.962. The Morgan fingerprint density at radius 2 is 1.78 bits per heavy atom. The summed E-state index contributed by atoms with van der Waals surface area (Å²) in [5, 5.41) is 3.01. The Morgan fingerprint density at radius 1 is 1.09 bits per heavy atom. The smallest absolute Gasteiger partial charge is 0.341 e. The highest BCUT2D eigenvalue weighted by Gasteiger charge is 2.42. The number of nitrogens with one attached hydrogen (secondary N) is 1. The molecule has 2 aromatic rings. The van der Waals surface area contributed by atoms with E-state index in [0.717, 1.165) is 11.3 Å². The van der Waals surface area contributed by atoms with Gasteiger partial charge in [0.2, 0.25) is 5.91 Å². The molecule has 1 fully saturated rings. The van der Waals surface area contributed by atoms with E-state index in [1.165, 1.54) is 0 Å². The average molecular weight is 442 g/mol. The van der Waals surface area contributed by atoms with Crippen molar-refractivity contribution in [2.45, 2.75) is 45.1 Å². The zero-order chi connectivity index (χ0) is 23.1. The van der Waals surface area contributed by atoms with Crippen LogP contribution in [0.3, 0.4) is 0 Å². The molecule has 1 amide bonds. The van der Waals surface area contributed by atoms with Crippen molar-refractivity contribution >= 4 is 17.6 Å². The van der Waals surface area contributed by atoms with Gasteiger partial charge in [-0.05, 0) is 69.5 Å². The molecule has 7 nitrogen and oxygen atoms in total. The molecule has 0 aromatic heterocycles. The highest BCUT2D eigenvalue weighted by molar-refractivity contribution is 6.01. The number of anilines is 1. The zero-order valence-electron chi connectivity index (χ0n) is 19.1. The van der Waals surface area contributed by atoms with Gasteiger partial charge in [0.1, 0.15) is 17.1 Å². The van der Waals surface area contributed by atoms with Crippen molar-refractivity contribution in [1.29, 1.82) is 0 Å². The number of carbonyl (C=O) groups is 2. The molecule has 2 aromatic carbocycles. The van der Waals surface area contributed by atoms with Crippen LogP contribution in [0.2, 0.25) is 0 Å². The Hall–Kier alpha value is -3.06. The van der Waals surface area contributed by atoms with Crippen LogP contribution in [0.5, 0.6) is 11.5 Å². The lowest BCUT2D eigenvalue weighted by molar-refractivity contribution is -0.125. The molecule has 1 N–H and O–H groups in total. The Bertz CT molecular complexity index is 932. The van der Waals surface area contributed by atoms with Gasteiger partial charge in [0.05, 0.1) is 25.2 Å². The van der Waals surface area contributed by atoms with Gasteiger partial charge in [-0.25, -0.2) is 4.79 Å². The molecule has 0 unspecified atom stereocenters. The number of hydrogen-bond donors (Lipinski definition) is 1. The number of benzene rings is 2. The molecule has 0 saturated carbocycles. The van der Waals surface area contributed by atoms with Crippen LogP contribution in [0, 0.1) is 0 Å². The van der Waals surface area contributed by atoms with E-state index in [2.05, 4.69) is 5.32 Å². The Kier molecular flexibility index (Phi) is 7.75. The standard InChI is InChI=1S/C25H31NO6/c1-5-31-23(27)21-16-19(8-11-22(21)32-17(2)3)26-24(28)25(12-14-30-15-13-25)18-6-9-20(29-4)10-7-18/h6-11,16-17H,5,12-15H2,1-4H3,(H,26,28). The number of esters is 1. The van der Waals surface area contributed by atoms with Gasteiger partial charge in [0, 0.05) is 18.9 Å². The summed E-state index contributed by atoms with van der Waals surface area (Å²) in [4.78, 5) is 26.1. The normalized spacial score (nSPS) is 15.2. The van der Waals surface area contributed by atoms with Crippen LogP contribution in [0.15, 0.2) is 42.5 Å². The van der Waals surface area contributed by atoms with Gasteiger partial charge in [-0.2, -0.15) is 0 Å². The van der Waals surface area contributed by atoms with Crippen LogP contribution >= 0.6 is 0 Å². The predicted molar refractivity (Wildman–Crippen MR) is 122 cm³/mol. The lowest BCUT2D eigenvalue weighted by atomic mass is 9.73. The third-order valence-electron chi connectivity index (χ3n) is 5.52. The van der Waals surface area contributed by atoms with Gasteiger partial charge in [0.25, 0.3) is 0 Å². The molecule has 172 valence electrons. The minimum atomic E-state index is -0.734. The fourth-order valence-corrected chi connectivity index (χ4v) is 3.86. The van der Waals surface area contributed by atoms with Gasteiger partial charge in [-0.3, -0.25) is 4.79 Å². The maximum Gasteiger partial charge on any atom is 0.341 e. The second-order valence-corrected chi connectivity index (χ2v) is 7.98. The van der Waals surface area contributed by atoms with E-state index in [1.807, 2.05) is 38.1 Å². The van der Waals surface area contributed by atoms with Gasteiger partial charge < -0.3 is 24.3 Å². The molecule has 7 heteroatoms. The summed E-state index contributed by atoms with van der Waals surface area (Å²) in [6.45, 7) is 6.75. The minimum absolute atomic E-state index is 0.107. The van der Waals surface area contributed by atoms with Gasteiger partial charge in [-0.15, -0.1) is 0 Å². The second kappa shape index (κ2) is 10.5. The summed E-state index contributed by atoms with van der Waals surface area (Å²) in [5.74, 6) is 0.525. The molecular formula is C25H31NO6. The second-order valence-electron chi connectivity index (χ2n) is 7.98. The van der Waals surface area contributed by atoms with Crippen molar-refractivity contribution in [3.8, 4) is 11.5 Å². The SMILES string of the molecule is CCOC(=O)c1cc(NC(=O)C2(c3ccc(OC)cc3)CCOCC2)ccc1OC(C)C.